The summed E-state index contributed by atoms with van der Waals surface area (Å²) in [5, 5.41) is 0. The largest absolute Gasteiger partial charge is 0.466 e. The van der Waals surface area contributed by atoms with Crippen LogP contribution in [0.25, 0.3) is 0 Å². The van der Waals surface area contributed by atoms with Crippen molar-refractivity contribution < 1.29 is 19.1 Å². The molecule has 172 valence electrons. The molecule has 0 amide bonds. The molecule has 0 aromatic rings. The number of carbonyl (C=O) groups is 2. The Hall–Kier alpha value is -1.06. The minimum absolute atomic E-state index is 0.138. The zero-order valence-electron chi connectivity index (χ0n) is 19.6. The van der Waals surface area contributed by atoms with E-state index in [0.29, 0.717) is 44.8 Å². The molecule has 0 aliphatic rings. The third-order valence-electron chi connectivity index (χ3n) is 5.50. The summed E-state index contributed by atoms with van der Waals surface area (Å²) in [7, 11) is 0. The van der Waals surface area contributed by atoms with Crippen LogP contribution in [-0.4, -0.2) is 25.2 Å². The van der Waals surface area contributed by atoms with E-state index in [1.54, 1.807) is 0 Å². The quantitative estimate of drug-likeness (QED) is 0.146. The summed E-state index contributed by atoms with van der Waals surface area (Å²) in [6.07, 6.45) is 18.8. The first-order chi connectivity index (χ1) is 14.1. The third-order valence-corrected chi connectivity index (χ3v) is 5.50. The molecular weight excluding hydrogens is 364 g/mol. The zero-order valence-corrected chi connectivity index (χ0v) is 19.6. The van der Waals surface area contributed by atoms with Crippen molar-refractivity contribution in [2.75, 3.05) is 13.2 Å². The van der Waals surface area contributed by atoms with Crippen molar-refractivity contribution in [1.29, 1.82) is 0 Å². The van der Waals surface area contributed by atoms with Gasteiger partial charge in [-0.2, -0.15) is 0 Å². The third kappa shape index (κ3) is 21.5. The van der Waals surface area contributed by atoms with E-state index in [0.717, 1.165) is 19.3 Å². The highest BCUT2D eigenvalue weighted by molar-refractivity contribution is 5.70. The van der Waals surface area contributed by atoms with E-state index < -0.39 is 0 Å². The predicted octanol–water partition coefficient (Wildman–Crippen LogP) is 7.38. The van der Waals surface area contributed by atoms with Crippen LogP contribution in [0.2, 0.25) is 0 Å². The van der Waals surface area contributed by atoms with E-state index in [2.05, 4.69) is 20.8 Å². The van der Waals surface area contributed by atoms with Gasteiger partial charge in [-0.3, -0.25) is 9.59 Å². The monoisotopic (exact) mass is 412 g/mol. The number of carbonyl (C=O) groups excluding carboxylic acids is 2. The van der Waals surface area contributed by atoms with E-state index in [9.17, 15) is 9.59 Å². The fourth-order valence-corrected chi connectivity index (χ4v) is 3.17. The van der Waals surface area contributed by atoms with Crippen LogP contribution >= 0.6 is 0 Å². The van der Waals surface area contributed by atoms with Crippen molar-refractivity contribution in [2.45, 2.75) is 130 Å². The average Bonchev–Trinajstić information content (AvgIpc) is 2.72. The molecule has 1 unspecified atom stereocenters. The molecule has 0 aliphatic heterocycles. The van der Waals surface area contributed by atoms with E-state index in [1.807, 2.05) is 0 Å². The minimum Gasteiger partial charge on any atom is -0.466 e. The maximum atomic E-state index is 11.7. The van der Waals surface area contributed by atoms with Crippen LogP contribution < -0.4 is 0 Å². The van der Waals surface area contributed by atoms with Crippen LogP contribution in [-0.2, 0) is 19.1 Å². The van der Waals surface area contributed by atoms with Gasteiger partial charge in [0, 0.05) is 12.8 Å². The highest BCUT2D eigenvalue weighted by Gasteiger charge is 2.07. The van der Waals surface area contributed by atoms with Crippen molar-refractivity contribution >= 4 is 11.9 Å². The van der Waals surface area contributed by atoms with Crippen LogP contribution in [0.1, 0.15) is 130 Å². The number of rotatable bonds is 21. The van der Waals surface area contributed by atoms with Crippen molar-refractivity contribution in [3.8, 4) is 0 Å². The van der Waals surface area contributed by atoms with Crippen LogP contribution in [0.5, 0.6) is 0 Å². The van der Waals surface area contributed by atoms with Gasteiger partial charge in [0.25, 0.3) is 0 Å². The van der Waals surface area contributed by atoms with Crippen LogP contribution in [0.15, 0.2) is 0 Å². The maximum absolute atomic E-state index is 11.7. The summed E-state index contributed by atoms with van der Waals surface area (Å²) in [5.41, 5.74) is 0. The van der Waals surface area contributed by atoms with Gasteiger partial charge in [-0.05, 0) is 25.2 Å². The Labute approximate surface area is 180 Å². The van der Waals surface area contributed by atoms with E-state index in [1.165, 1.54) is 64.2 Å². The number of ether oxygens (including phenoxy) is 2. The topological polar surface area (TPSA) is 52.6 Å². The first kappa shape index (κ1) is 27.9. The summed E-state index contributed by atoms with van der Waals surface area (Å²) < 4.78 is 10.5. The molecule has 0 spiro atoms. The second kappa shape index (κ2) is 21.6. The summed E-state index contributed by atoms with van der Waals surface area (Å²) in [6, 6.07) is 0. The Morgan fingerprint density at radius 2 is 1.07 bits per heavy atom. The first-order valence-corrected chi connectivity index (χ1v) is 12.4. The lowest BCUT2D eigenvalue weighted by Crippen LogP contribution is -2.11. The Morgan fingerprint density at radius 3 is 1.55 bits per heavy atom. The van der Waals surface area contributed by atoms with Gasteiger partial charge >= 0.3 is 11.9 Å². The summed E-state index contributed by atoms with van der Waals surface area (Å²) in [5.74, 6) is 0.116. The van der Waals surface area contributed by atoms with E-state index in [-0.39, 0.29) is 11.9 Å². The summed E-state index contributed by atoms with van der Waals surface area (Å²) in [4.78, 5) is 23.3. The molecule has 4 nitrogen and oxygen atoms in total. The molecule has 0 saturated heterocycles. The maximum Gasteiger partial charge on any atom is 0.305 e. The highest BCUT2D eigenvalue weighted by atomic mass is 16.5. The molecule has 1 atom stereocenters. The van der Waals surface area contributed by atoms with Gasteiger partial charge in [0.15, 0.2) is 0 Å². The average molecular weight is 413 g/mol. The number of hydrogen-bond donors (Lipinski definition) is 0. The molecule has 0 rings (SSSR count). The van der Waals surface area contributed by atoms with Gasteiger partial charge in [0.2, 0.25) is 0 Å². The molecule has 0 heterocycles. The number of esters is 2. The van der Waals surface area contributed by atoms with Crippen molar-refractivity contribution in [1.82, 2.24) is 0 Å². The Morgan fingerprint density at radius 1 is 0.621 bits per heavy atom. The standard InChI is InChI=1S/C25H48O4/c1-4-6-7-8-9-10-11-12-13-14-15-18-21-28-24(26)19-16-17-20-25(27)29-22-23(3)5-2/h23H,4-22H2,1-3H3. The highest BCUT2D eigenvalue weighted by Crippen LogP contribution is 2.12. The normalized spacial score (nSPS) is 12.0. The van der Waals surface area contributed by atoms with Crippen LogP contribution in [0.4, 0.5) is 0 Å². The Bertz CT molecular complexity index is 381. The lowest BCUT2D eigenvalue weighted by Gasteiger charge is -2.09. The Kier molecular flexibility index (Phi) is 20.9. The molecule has 0 radical (unpaired) electrons. The molecule has 0 aromatic carbocycles. The lowest BCUT2D eigenvalue weighted by atomic mass is 10.1. The molecular formula is C25H48O4. The van der Waals surface area contributed by atoms with Crippen molar-refractivity contribution in [3.63, 3.8) is 0 Å². The molecule has 0 aliphatic carbocycles. The van der Waals surface area contributed by atoms with Gasteiger partial charge < -0.3 is 9.47 Å². The molecule has 0 saturated carbocycles. The lowest BCUT2D eigenvalue weighted by molar-refractivity contribution is -0.146. The SMILES string of the molecule is CCCCCCCCCCCCCCOC(=O)CCCCC(=O)OCC(C)CC. The molecule has 0 bridgehead atoms. The molecule has 29 heavy (non-hydrogen) atoms. The first-order valence-electron chi connectivity index (χ1n) is 12.4. The number of unbranched alkanes of at least 4 members (excludes halogenated alkanes) is 12. The summed E-state index contributed by atoms with van der Waals surface area (Å²) in [6.45, 7) is 7.45. The summed E-state index contributed by atoms with van der Waals surface area (Å²) >= 11 is 0. The van der Waals surface area contributed by atoms with Crippen LogP contribution in [0, 0.1) is 5.92 Å². The Balaban J connectivity index is 3.29. The smallest absolute Gasteiger partial charge is 0.305 e. The van der Waals surface area contributed by atoms with E-state index in [4.69, 9.17) is 9.47 Å². The predicted molar refractivity (Wildman–Crippen MR) is 121 cm³/mol. The van der Waals surface area contributed by atoms with Crippen molar-refractivity contribution in [2.24, 2.45) is 5.92 Å². The van der Waals surface area contributed by atoms with Gasteiger partial charge in [-0.1, -0.05) is 97.8 Å². The fourth-order valence-electron chi connectivity index (χ4n) is 3.17. The van der Waals surface area contributed by atoms with Gasteiger partial charge in [0.05, 0.1) is 13.2 Å². The molecule has 4 heteroatoms. The molecule has 0 fully saturated rings. The zero-order chi connectivity index (χ0) is 21.6. The van der Waals surface area contributed by atoms with Crippen molar-refractivity contribution in [3.05, 3.63) is 0 Å². The second-order valence-electron chi connectivity index (χ2n) is 8.51. The van der Waals surface area contributed by atoms with Gasteiger partial charge in [-0.25, -0.2) is 0 Å². The van der Waals surface area contributed by atoms with Gasteiger partial charge in [-0.15, -0.1) is 0 Å². The van der Waals surface area contributed by atoms with Crippen LogP contribution in [0.3, 0.4) is 0 Å². The minimum atomic E-state index is -0.157. The second-order valence-corrected chi connectivity index (χ2v) is 8.51. The van der Waals surface area contributed by atoms with E-state index >= 15 is 0 Å². The fraction of sp³-hybridized carbons (Fsp3) is 0.920. The number of hydrogen-bond acceptors (Lipinski definition) is 4. The van der Waals surface area contributed by atoms with Gasteiger partial charge in [0.1, 0.15) is 0 Å². The molecule has 0 N–H and O–H groups in total. The molecule has 0 aromatic heterocycles.